The summed E-state index contributed by atoms with van der Waals surface area (Å²) in [6.45, 7) is -0.104. The van der Waals surface area contributed by atoms with Gasteiger partial charge < -0.3 is 16.6 Å². The highest BCUT2D eigenvalue weighted by Gasteiger charge is 2.12. The molecule has 0 aliphatic rings. The highest BCUT2D eigenvalue weighted by Crippen LogP contribution is 2.34. The van der Waals surface area contributed by atoms with Gasteiger partial charge in [-0.25, -0.2) is 0 Å². The zero-order valence-electron chi connectivity index (χ0n) is 12.9. The molecule has 10 heteroatoms. The fourth-order valence-electron chi connectivity index (χ4n) is 1.85. The van der Waals surface area contributed by atoms with Crippen molar-refractivity contribution in [3.63, 3.8) is 0 Å². The quantitative estimate of drug-likeness (QED) is 0.303. The molecule has 0 amide bonds. The number of rotatable bonds is 6. The van der Waals surface area contributed by atoms with Crippen LogP contribution in [0.15, 0.2) is 62.5 Å². The number of non-ortho nitro benzene ring substituents is 1. The Morgan fingerprint density at radius 3 is 2.60 bits per heavy atom. The van der Waals surface area contributed by atoms with Crippen LogP contribution in [-0.2, 0) is 6.61 Å². The minimum atomic E-state index is -0.492. The van der Waals surface area contributed by atoms with Gasteiger partial charge in [-0.15, -0.1) is 17.5 Å². The molecular formula is C15H16ClN5O3S. The molecule has 5 N–H and O–H groups in total. The van der Waals surface area contributed by atoms with Crippen LogP contribution in [0.5, 0.6) is 0 Å². The molecule has 8 nitrogen and oxygen atoms in total. The van der Waals surface area contributed by atoms with E-state index in [-0.39, 0.29) is 30.7 Å². The Morgan fingerprint density at radius 1 is 1.24 bits per heavy atom. The normalized spacial score (nSPS) is 10.3. The Labute approximate surface area is 154 Å². The number of nitrogens with zero attached hydrogens (tertiary/aromatic N) is 3. The number of nitro groups is 1. The Balaban J connectivity index is 0.00000312. The van der Waals surface area contributed by atoms with Crippen molar-refractivity contribution in [3.05, 3.63) is 63.7 Å². The molecule has 2 aromatic carbocycles. The molecule has 0 aromatic heterocycles. The maximum Gasteiger partial charge on any atom is 0.270 e. The fourth-order valence-corrected chi connectivity index (χ4v) is 2.87. The molecule has 0 saturated heterocycles. The zero-order valence-corrected chi connectivity index (χ0v) is 14.5. The Morgan fingerprint density at radius 2 is 1.96 bits per heavy atom. The summed E-state index contributed by atoms with van der Waals surface area (Å²) < 4.78 is 0. The van der Waals surface area contributed by atoms with Gasteiger partial charge in [-0.3, -0.25) is 10.1 Å². The number of nitro benzene ring substituents is 1. The SMILES string of the molecule is Cl.NC(N)=N/N=C/c1cc([N+](=O)[O-])ccc1Sc1ccccc1CO. The Kier molecular flexibility index (Phi) is 7.86. The van der Waals surface area contributed by atoms with E-state index in [4.69, 9.17) is 11.5 Å². The Bertz CT molecular complexity index is 810. The van der Waals surface area contributed by atoms with E-state index >= 15 is 0 Å². The van der Waals surface area contributed by atoms with Gasteiger partial charge >= 0.3 is 0 Å². The van der Waals surface area contributed by atoms with Crippen LogP contribution in [0.1, 0.15) is 11.1 Å². The summed E-state index contributed by atoms with van der Waals surface area (Å²) in [5.74, 6) is -0.212. The molecule has 0 spiro atoms. The fraction of sp³-hybridized carbons (Fsp3) is 0.0667. The topological polar surface area (TPSA) is 140 Å². The molecule has 0 aliphatic carbocycles. The van der Waals surface area contributed by atoms with Gasteiger partial charge in [0.15, 0.2) is 0 Å². The average Bonchev–Trinajstić information content (AvgIpc) is 2.56. The highest BCUT2D eigenvalue weighted by atomic mass is 35.5. The molecule has 0 aliphatic heterocycles. The first-order valence-corrected chi connectivity index (χ1v) is 7.60. The number of halogens is 1. The first-order valence-electron chi connectivity index (χ1n) is 6.78. The van der Waals surface area contributed by atoms with Crippen molar-refractivity contribution in [1.82, 2.24) is 0 Å². The van der Waals surface area contributed by atoms with E-state index in [1.165, 1.54) is 30.1 Å². The van der Waals surface area contributed by atoms with E-state index in [0.29, 0.717) is 5.56 Å². The van der Waals surface area contributed by atoms with Gasteiger partial charge in [0.25, 0.3) is 5.69 Å². The van der Waals surface area contributed by atoms with E-state index in [9.17, 15) is 15.2 Å². The first-order chi connectivity index (χ1) is 11.5. The molecule has 0 fully saturated rings. The molecule has 2 rings (SSSR count). The summed E-state index contributed by atoms with van der Waals surface area (Å²) in [4.78, 5) is 12.0. The van der Waals surface area contributed by atoms with Crippen molar-refractivity contribution in [3.8, 4) is 0 Å². The number of hydrogen-bond donors (Lipinski definition) is 3. The lowest BCUT2D eigenvalue weighted by Crippen LogP contribution is -2.21. The van der Waals surface area contributed by atoms with Crippen LogP contribution >= 0.6 is 24.2 Å². The number of aliphatic hydroxyl groups excluding tert-OH is 1. The highest BCUT2D eigenvalue weighted by molar-refractivity contribution is 7.99. The summed E-state index contributed by atoms with van der Waals surface area (Å²) in [6.07, 6.45) is 1.34. The maximum atomic E-state index is 11.0. The van der Waals surface area contributed by atoms with Gasteiger partial charge in [0.2, 0.25) is 5.96 Å². The number of hydrogen-bond acceptors (Lipinski definition) is 6. The zero-order chi connectivity index (χ0) is 17.5. The van der Waals surface area contributed by atoms with Crippen LogP contribution in [0.4, 0.5) is 5.69 Å². The average molecular weight is 382 g/mol. The lowest BCUT2D eigenvalue weighted by Gasteiger charge is -2.09. The summed E-state index contributed by atoms with van der Waals surface area (Å²) in [5.41, 5.74) is 11.6. The number of guanidine groups is 1. The first kappa shape index (κ1) is 20.4. The van der Waals surface area contributed by atoms with E-state index in [0.717, 1.165) is 15.4 Å². The standard InChI is InChI=1S/C15H15N5O3S.ClH/c16-15(17)19-18-8-11-7-12(20(22)23)5-6-14(11)24-13-4-2-1-3-10(13)9-21;/h1-8,21H,9H2,(H4,16,17,19);1H/b18-8+;. The van der Waals surface area contributed by atoms with Crippen molar-refractivity contribution in [2.45, 2.75) is 16.4 Å². The molecule has 25 heavy (non-hydrogen) atoms. The van der Waals surface area contributed by atoms with Crippen LogP contribution in [0.25, 0.3) is 0 Å². The van der Waals surface area contributed by atoms with Crippen LogP contribution in [-0.4, -0.2) is 22.2 Å². The second kappa shape index (κ2) is 9.62. The monoisotopic (exact) mass is 381 g/mol. The lowest BCUT2D eigenvalue weighted by atomic mass is 10.2. The van der Waals surface area contributed by atoms with E-state index in [1.54, 1.807) is 12.1 Å². The van der Waals surface area contributed by atoms with Crippen LogP contribution in [0.2, 0.25) is 0 Å². The molecular weight excluding hydrogens is 366 g/mol. The number of nitrogens with two attached hydrogens (primary N) is 2. The molecule has 0 unspecified atom stereocenters. The largest absolute Gasteiger partial charge is 0.392 e. The predicted octanol–water partition coefficient (Wildman–Crippen LogP) is 2.27. The van der Waals surface area contributed by atoms with Crippen LogP contribution in [0.3, 0.4) is 0 Å². The predicted molar refractivity (Wildman–Crippen MR) is 100 cm³/mol. The van der Waals surface area contributed by atoms with E-state index < -0.39 is 4.92 Å². The molecule has 2 aromatic rings. The minimum Gasteiger partial charge on any atom is -0.392 e. The molecule has 0 radical (unpaired) electrons. The van der Waals surface area contributed by atoms with Crippen LogP contribution in [0, 0.1) is 10.1 Å². The van der Waals surface area contributed by atoms with E-state index in [1.807, 2.05) is 18.2 Å². The van der Waals surface area contributed by atoms with Gasteiger partial charge in [0, 0.05) is 27.5 Å². The summed E-state index contributed by atoms with van der Waals surface area (Å²) in [7, 11) is 0. The smallest absolute Gasteiger partial charge is 0.270 e. The third-order valence-electron chi connectivity index (χ3n) is 2.94. The summed E-state index contributed by atoms with van der Waals surface area (Å²) >= 11 is 1.36. The van der Waals surface area contributed by atoms with Gasteiger partial charge in [0.05, 0.1) is 17.7 Å². The summed E-state index contributed by atoms with van der Waals surface area (Å²) in [6, 6.07) is 11.7. The number of aliphatic hydroxyl groups is 1. The van der Waals surface area contributed by atoms with Gasteiger partial charge in [-0.1, -0.05) is 30.0 Å². The second-order valence-corrected chi connectivity index (χ2v) is 5.70. The molecule has 0 saturated carbocycles. The Hall–Kier alpha value is -2.62. The van der Waals surface area contributed by atoms with Gasteiger partial charge in [0.1, 0.15) is 0 Å². The van der Waals surface area contributed by atoms with Crippen molar-refractivity contribution in [2.75, 3.05) is 0 Å². The molecule has 0 bridgehead atoms. The van der Waals surface area contributed by atoms with E-state index in [2.05, 4.69) is 10.2 Å². The van der Waals surface area contributed by atoms with Gasteiger partial charge in [-0.05, 0) is 17.7 Å². The molecule has 0 heterocycles. The third-order valence-corrected chi connectivity index (χ3v) is 4.15. The van der Waals surface area contributed by atoms with Crippen molar-refractivity contribution >= 4 is 42.0 Å². The van der Waals surface area contributed by atoms with Crippen molar-refractivity contribution < 1.29 is 10.0 Å². The molecule has 0 atom stereocenters. The minimum absolute atomic E-state index is 0. The van der Waals surface area contributed by atoms with Gasteiger partial charge in [-0.2, -0.15) is 5.10 Å². The second-order valence-electron chi connectivity index (χ2n) is 4.62. The molecule has 132 valence electrons. The number of benzene rings is 2. The summed E-state index contributed by atoms with van der Waals surface area (Å²) in [5, 5.41) is 27.6. The third kappa shape index (κ3) is 5.75. The van der Waals surface area contributed by atoms with Crippen molar-refractivity contribution in [2.24, 2.45) is 21.7 Å². The maximum absolute atomic E-state index is 11.0. The van der Waals surface area contributed by atoms with Crippen LogP contribution < -0.4 is 11.5 Å². The van der Waals surface area contributed by atoms with Crippen molar-refractivity contribution in [1.29, 1.82) is 0 Å². The lowest BCUT2D eigenvalue weighted by molar-refractivity contribution is -0.384.